The molecule has 0 bridgehead atoms. The van der Waals surface area contributed by atoms with Gasteiger partial charge >= 0.3 is 6.09 Å². The Hall–Kier alpha value is -4.30. The minimum absolute atomic E-state index is 0.124. The van der Waals surface area contributed by atoms with Crippen LogP contribution < -0.4 is 15.4 Å². The zero-order chi connectivity index (χ0) is 39.5. The Morgan fingerprint density at radius 2 is 1.80 bits per heavy atom. The number of benzene rings is 1. The predicted octanol–water partition coefficient (Wildman–Crippen LogP) is 4.60. The third-order valence-electron chi connectivity index (χ3n) is 10.8. The number of nitrogens with zero attached hydrogens (tertiary/aromatic N) is 3. The Balaban J connectivity index is 1.23. The van der Waals surface area contributed by atoms with Crippen molar-refractivity contribution < 1.29 is 32.3 Å². The number of carbonyl (C=O) groups is 4. The van der Waals surface area contributed by atoms with Crippen LogP contribution in [0.4, 0.5) is 4.79 Å². The Bertz CT molecular complexity index is 1890. The first kappa shape index (κ1) is 40.4. The van der Waals surface area contributed by atoms with E-state index in [1.54, 1.807) is 20.8 Å². The summed E-state index contributed by atoms with van der Waals surface area (Å²) in [5, 5.41) is 5.13. The van der Waals surface area contributed by atoms with Gasteiger partial charge in [0.05, 0.1) is 16.6 Å². The molecule has 3 fully saturated rings. The van der Waals surface area contributed by atoms with Crippen molar-refractivity contribution in [3.63, 3.8) is 0 Å². The lowest BCUT2D eigenvalue weighted by atomic mass is 10.0. The van der Waals surface area contributed by atoms with E-state index in [1.807, 2.05) is 44.3 Å². The number of amides is 4. The molecule has 1 saturated heterocycles. The summed E-state index contributed by atoms with van der Waals surface area (Å²) in [5.74, 6) is -2.16. The molecule has 2 saturated carbocycles. The largest absolute Gasteiger partial charge is 0.444 e. The molecule has 3 heterocycles. The summed E-state index contributed by atoms with van der Waals surface area (Å²) >= 11 is 0. The Labute approximate surface area is 325 Å². The first-order chi connectivity index (χ1) is 26.0. The summed E-state index contributed by atoms with van der Waals surface area (Å²) in [7, 11) is -1.88. The van der Waals surface area contributed by atoms with E-state index in [1.165, 1.54) is 10.5 Å². The first-order valence-electron chi connectivity index (χ1n) is 19.6. The second-order valence-corrected chi connectivity index (χ2v) is 18.9. The monoisotopic (exact) mass is 776 g/mol. The average Bonchev–Trinajstić information content (AvgIpc) is 4.03. The van der Waals surface area contributed by atoms with Gasteiger partial charge in [-0.05, 0) is 97.7 Å². The highest BCUT2D eigenvalue weighted by Gasteiger charge is 2.62. The smallest absolute Gasteiger partial charge is 0.408 e. The molecule has 1 aromatic carbocycles. The molecule has 298 valence electrons. The van der Waals surface area contributed by atoms with Crippen molar-refractivity contribution in [3.05, 3.63) is 65.9 Å². The molecule has 4 amide bonds. The molecule has 2 aliphatic carbocycles. The van der Waals surface area contributed by atoms with Crippen LogP contribution in [0.2, 0.25) is 0 Å². The highest BCUT2D eigenvalue weighted by molar-refractivity contribution is 7.91. The summed E-state index contributed by atoms with van der Waals surface area (Å²) in [4.78, 5) is 64.1. The van der Waals surface area contributed by atoms with E-state index >= 15 is 0 Å². The summed E-state index contributed by atoms with van der Waals surface area (Å²) < 4.78 is 33.4. The maximum atomic E-state index is 14.5. The van der Waals surface area contributed by atoms with Gasteiger partial charge in [0.25, 0.3) is 5.91 Å². The molecule has 55 heavy (non-hydrogen) atoms. The minimum Gasteiger partial charge on any atom is -0.444 e. The number of nitrogens with one attached hydrogen (secondary N) is 3. The van der Waals surface area contributed by atoms with Crippen molar-refractivity contribution in [2.24, 2.45) is 11.8 Å². The second kappa shape index (κ2) is 16.4. The number of fused-ring (bicyclic) bond motifs is 2. The fourth-order valence-corrected chi connectivity index (χ4v) is 9.07. The van der Waals surface area contributed by atoms with E-state index < -0.39 is 62.3 Å². The number of rotatable bonds is 9. The molecule has 6 rings (SSSR count). The lowest BCUT2D eigenvalue weighted by Gasteiger charge is -2.30. The number of hydrogen-bond donors (Lipinski definition) is 3. The number of ether oxygens (including phenoxy) is 1. The SMILES string of the molecule is Cc1ccc(-c2cccc(CN(C)C[C@@H]3C[C@H]4C(=O)N[C@]5(C(=O)NS(=O)(=O)C6CC6)CC5/C=C\CCCCC[C@@H](NC(=O)OC(C)(C)C)C(=O)N4C3)n2)cc1. The van der Waals surface area contributed by atoms with Crippen LogP contribution in [0.15, 0.2) is 54.6 Å². The third-order valence-corrected chi connectivity index (χ3v) is 12.6. The maximum Gasteiger partial charge on any atom is 0.408 e. The van der Waals surface area contributed by atoms with Crippen LogP contribution in [-0.2, 0) is 35.7 Å². The van der Waals surface area contributed by atoms with Gasteiger partial charge in [0.15, 0.2) is 0 Å². The predicted molar refractivity (Wildman–Crippen MR) is 209 cm³/mol. The van der Waals surface area contributed by atoms with Crippen LogP contribution in [0.5, 0.6) is 0 Å². The Kier molecular flexibility index (Phi) is 12.1. The number of aryl methyl sites for hydroxylation is 1. The molecule has 1 unspecified atom stereocenters. The third kappa shape index (κ3) is 10.3. The van der Waals surface area contributed by atoms with Crippen molar-refractivity contribution in [3.8, 4) is 11.3 Å². The van der Waals surface area contributed by atoms with Crippen LogP contribution in [0, 0.1) is 18.8 Å². The van der Waals surface area contributed by atoms with Crippen LogP contribution >= 0.6 is 0 Å². The molecule has 14 heteroatoms. The van der Waals surface area contributed by atoms with Gasteiger partial charge in [0.1, 0.15) is 23.2 Å². The van der Waals surface area contributed by atoms with Crippen molar-refractivity contribution in [2.75, 3.05) is 20.1 Å². The highest BCUT2D eigenvalue weighted by atomic mass is 32.2. The summed E-state index contributed by atoms with van der Waals surface area (Å²) in [5.41, 5.74) is 1.74. The fraction of sp³-hybridized carbons (Fsp3) is 0.585. The summed E-state index contributed by atoms with van der Waals surface area (Å²) in [6.07, 6.45) is 8.09. The number of aromatic nitrogens is 1. The number of allylic oxidation sites excluding steroid dienone is 1. The topological polar surface area (TPSA) is 167 Å². The molecule has 3 N–H and O–H groups in total. The van der Waals surface area contributed by atoms with Gasteiger partial charge in [0.2, 0.25) is 21.8 Å². The molecule has 5 atom stereocenters. The van der Waals surface area contributed by atoms with Crippen molar-refractivity contribution in [1.29, 1.82) is 0 Å². The normalized spacial score (nSPS) is 26.8. The number of sulfonamides is 1. The molecule has 4 aliphatic rings. The molecule has 1 aromatic heterocycles. The van der Waals surface area contributed by atoms with Gasteiger partial charge in [-0.2, -0.15) is 0 Å². The molecule has 0 spiro atoms. The van der Waals surface area contributed by atoms with Gasteiger partial charge in [-0.3, -0.25) is 24.1 Å². The van der Waals surface area contributed by atoms with Crippen molar-refractivity contribution in [1.82, 2.24) is 30.1 Å². The number of carbonyl (C=O) groups excluding carboxylic acids is 4. The van der Waals surface area contributed by atoms with Crippen LogP contribution in [0.25, 0.3) is 11.3 Å². The van der Waals surface area contributed by atoms with E-state index in [4.69, 9.17) is 9.72 Å². The number of hydrogen-bond acceptors (Lipinski definition) is 9. The number of alkyl carbamates (subject to hydrolysis) is 1. The lowest BCUT2D eigenvalue weighted by Crippen LogP contribution is -2.58. The fourth-order valence-electron chi connectivity index (χ4n) is 7.70. The summed E-state index contributed by atoms with van der Waals surface area (Å²) in [6, 6.07) is 12.3. The zero-order valence-electron chi connectivity index (χ0n) is 32.7. The molecule has 2 aromatic rings. The van der Waals surface area contributed by atoms with E-state index in [0.29, 0.717) is 45.2 Å². The first-order valence-corrected chi connectivity index (χ1v) is 21.1. The van der Waals surface area contributed by atoms with E-state index in [-0.39, 0.29) is 24.8 Å². The van der Waals surface area contributed by atoms with Gasteiger partial charge in [-0.25, -0.2) is 13.2 Å². The quantitative estimate of drug-likeness (QED) is 0.309. The van der Waals surface area contributed by atoms with Crippen molar-refractivity contribution >= 4 is 33.8 Å². The summed E-state index contributed by atoms with van der Waals surface area (Å²) in [6.45, 7) is 8.64. The van der Waals surface area contributed by atoms with E-state index in [2.05, 4.69) is 44.5 Å². The average molecular weight is 777 g/mol. The molecule has 0 radical (unpaired) electrons. The Morgan fingerprint density at radius 1 is 1.05 bits per heavy atom. The van der Waals surface area contributed by atoms with Crippen molar-refractivity contribution in [2.45, 2.75) is 121 Å². The maximum absolute atomic E-state index is 14.5. The standard InChI is InChI=1S/C41H56N6O7S/c1-27-16-18-29(19-17-27)33-15-11-13-31(42-33)26-46(5)24-28-22-35-36(48)44-41(38(50)45-55(52,53)32-20-21-32)23-30(41)12-9-7-6-8-10-14-34(37(49)47(35)25-28)43-39(51)54-40(2,3)4/h9,11-13,15-19,28,30,32,34-35H,6-8,10,14,20-26H2,1-5H3,(H,43,51)(H,44,48)(H,45,50)/b12-9-/t28-,30?,34+,35-,41+/m0/s1. The van der Waals surface area contributed by atoms with Gasteiger partial charge in [-0.1, -0.05) is 60.9 Å². The van der Waals surface area contributed by atoms with Crippen LogP contribution in [0.1, 0.15) is 89.8 Å². The van der Waals surface area contributed by atoms with Gasteiger partial charge < -0.3 is 25.2 Å². The van der Waals surface area contributed by atoms with E-state index in [0.717, 1.165) is 36.2 Å². The van der Waals surface area contributed by atoms with Gasteiger partial charge in [0, 0.05) is 31.1 Å². The van der Waals surface area contributed by atoms with Gasteiger partial charge in [-0.15, -0.1) is 0 Å². The van der Waals surface area contributed by atoms with E-state index in [9.17, 15) is 27.6 Å². The van der Waals surface area contributed by atoms with Crippen LogP contribution in [0.3, 0.4) is 0 Å². The minimum atomic E-state index is -3.86. The Morgan fingerprint density at radius 3 is 2.51 bits per heavy atom. The second-order valence-electron chi connectivity index (χ2n) is 16.9. The molecular weight excluding hydrogens is 721 g/mol. The molecular formula is C41H56N6O7S. The highest BCUT2D eigenvalue weighted by Crippen LogP contribution is 2.46. The molecule has 2 aliphatic heterocycles. The zero-order valence-corrected chi connectivity index (χ0v) is 33.5. The van der Waals surface area contributed by atoms with Crippen LogP contribution in [-0.4, -0.2) is 95.6 Å². The molecule has 13 nitrogen and oxygen atoms in total. The lowest BCUT2D eigenvalue weighted by molar-refractivity contribution is -0.141. The number of pyridine rings is 1.